The van der Waals surface area contributed by atoms with Crippen LogP contribution in [0.2, 0.25) is 0 Å². The number of para-hydroxylation sites is 2. The average molecular weight is 433 g/mol. The van der Waals surface area contributed by atoms with E-state index >= 15 is 0 Å². The maximum atomic E-state index is 9.21. The zero-order valence-electron chi connectivity index (χ0n) is 18.2. The summed E-state index contributed by atoms with van der Waals surface area (Å²) in [5.74, 6) is 1.76. The molecule has 1 aliphatic carbocycles. The van der Waals surface area contributed by atoms with Crippen LogP contribution >= 0.6 is 0 Å². The van der Waals surface area contributed by atoms with Gasteiger partial charge in [0.15, 0.2) is 0 Å². The van der Waals surface area contributed by atoms with Crippen molar-refractivity contribution in [2.24, 2.45) is 0 Å². The van der Waals surface area contributed by atoms with E-state index in [4.69, 9.17) is 4.74 Å². The van der Waals surface area contributed by atoms with E-state index in [0.717, 1.165) is 33.8 Å². The van der Waals surface area contributed by atoms with Gasteiger partial charge in [0.25, 0.3) is 0 Å². The molecule has 2 nitrogen and oxygen atoms in total. The lowest BCUT2D eigenvalue weighted by Crippen LogP contribution is -2.32. The number of hydrogen-bond acceptors (Lipinski definition) is 2. The van der Waals surface area contributed by atoms with Crippen molar-refractivity contribution in [1.29, 1.82) is 5.26 Å². The fourth-order valence-electron chi connectivity index (χ4n) is 5.70. The van der Waals surface area contributed by atoms with E-state index < -0.39 is 5.41 Å². The first kappa shape index (κ1) is 18.9. The van der Waals surface area contributed by atoms with Gasteiger partial charge >= 0.3 is 0 Å². The summed E-state index contributed by atoms with van der Waals surface area (Å²) in [6, 6.07) is 43.1. The van der Waals surface area contributed by atoms with E-state index in [0.29, 0.717) is 5.56 Å². The second-order valence-electron chi connectivity index (χ2n) is 8.77. The minimum Gasteiger partial charge on any atom is -0.457 e. The van der Waals surface area contributed by atoms with Crippen molar-refractivity contribution in [3.8, 4) is 39.8 Å². The molecule has 0 aromatic heterocycles. The molecular formula is C32H18NO. The number of rotatable bonds is 1. The van der Waals surface area contributed by atoms with Gasteiger partial charge in [-0.2, -0.15) is 5.26 Å². The van der Waals surface area contributed by atoms with Crippen LogP contribution in [0.5, 0.6) is 11.5 Å². The van der Waals surface area contributed by atoms with Gasteiger partial charge in [-0.05, 0) is 75.8 Å². The molecule has 0 atom stereocenters. The van der Waals surface area contributed by atoms with Crippen LogP contribution in [0.15, 0.2) is 109 Å². The predicted molar refractivity (Wildman–Crippen MR) is 133 cm³/mol. The number of benzene rings is 5. The Kier molecular flexibility index (Phi) is 3.86. The molecule has 5 aromatic carbocycles. The van der Waals surface area contributed by atoms with E-state index in [1.165, 1.54) is 22.3 Å². The van der Waals surface area contributed by atoms with E-state index in [-0.39, 0.29) is 0 Å². The second-order valence-corrected chi connectivity index (χ2v) is 8.77. The topological polar surface area (TPSA) is 33.0 Å². The third-order valence-electron chi connectivity index (χ3n) is 7.13. The molecule has 1 aliphatic heterocycles. The smallest absolute Gasteiger partial charge is 0.132 e. The number of nitrogens with zero attached hydrogens (tertiary/aromatic N) is 1. The molecule has 0 bridgehead atoms. The third kappa shape index (κ3) is 2.39. The quantitative estimate of drug-likeness (QED) is 0.269. The first-order valence-corrected chi connectivity index (χ1v) is 11.3. The Bertz CT molecular complexity index is 1590. The summed E-state index contributed by atoms with van der Waals surface area (Å²) in [6.07, 6.45) is 0. The van der Waals surface area contributed by atoms with Gasteiger partial charge in [0.1, 0.15) is 11.5 Å². The summed E-state index contributed by atoms with van der Waals surface area (Å²) in [5.41, 5.74) is 9.61. The molecule has 34 heavy (non-hydrogen) atoms. The van der Waals surface area contributed by atoms with Crippen LogP contribution in [0.3, 0.4) is 0 Å². The Labute approximate surface area is 198 Å². The van der Waals surface area contributed by atoms with Crippen LogP contribution in [0.4, 0.5) is 0 Å². The van der Waals surface area contributed by atoms with Crippen molar-refractivity contribution in [1.82, 2.24) is 0 Å². The average Bonchev–Trinajstić information content (AvgIpc) is 3.19. The van der Waals surface area contributed by atoms with Crippen LogP contribution in [-0.4, -0.2) is 0 Å². The van der Waals surface area contributed by atoms with Crippen LogP contribution in [0, 0.1) is 17.4 Å². The lowest BCUT2D eigenvalue weighted by Gasteiger charge is -2.39. The highest BCUT2D eigenvalue weighted by atomic mass is 16.5. The summed E-state index contributed by atoms with van der Waals surface area (Å²) in [5, 5.41) is 9.21. The Morgan fingerprint density at radius 2 is 1.29 bits per heavy atom. The Hall–Kier alpha value is -4.61. The molecule has 0 fully saturated rings. The Balaban J connectivity index is 1.59. The molecule has 1 spiro atoms. The van der Waals surface area contributed by atoms with E-state index in [2.05, 4.69) is 78.9 Å². The standard InChI is InChI=1S/C32H18NO/c33-20-21-13-15-22(16-14-21)23-17-18-25-24-7-1-2-8-26(24)32(29(25)19-23)27-9-3-5-11-30(27)34-31-12-6-4-10-28(31)32/h1,3-19H. The van der Waals surface area contributed by atoms with Crippen molar-refractivity contribution in [2.45, 2.75) is 5.41 Å². The van der Waals surface area contributed by atoms with E-state index in [9.17, 15) is 5.26 Å². The van der Waals surface area contributed by atoms with Gasteiger partial charge in [0, 0.05) is 11.1 Å². The normalized spacial score (nSPS) is 13.7. The third-order valence-corrected chi connectivity index (χ3v) is 7.13. The van der Waals surface area contributed by atoms with E-state index in [1.807, 2.05) is 42.5 Å². The fourth-order valence-corrected chi connectivity index (χ4v) is 5.70. The Morgan fingerprint density at radius 1 is 0.647 bits per heavy atom. The second kappa shape index (κ2) is 6.94. The molecule has 2 aliphatic rings. The highest BCUT2D eigenvalue weighted by Gasteiger charge is 2.50. The van der Waals surface area contributed by atoms with Crippen LogP contribution in [-0.2, 0) is 5.41 Å². The zero-order valence-corrected chi connectivity index (χ0v) is 18.2. The number of ether oxygens (including phenoxy) is 1. The summed E-state index contributed by atoms with van der Waals surface area (Å²) in [6.45, 7) is 0. The molecule has 0 saturated carbocycles. The molecule has 2 heteroatoms. The van der Waals surface area contributed by atoms with Crippen molar-refractivity contribution in [2.75, 3.05) is 0 Å². The summed E-state index contributed by atoms with van der Waals surface area (Å²) >= 11 is 0. The molecule has 7 rings (SSSR count). The SMILES string of the molecule is N#Cc1ccc(-c2ccc3c(c2)C2(c4ccccc4Oc4ccccc42)c2c[c]ccc2-3)cc1. The van der Waals surface area contributed by atoms with Gasteiger partial charge in [-0.1, -0.05) is 72.8 Å². The predicted octanol–water partition coefficient (Wildman–Crippen LogP) is 7.49. The first-order chi connectivity index (χ1) is 16.8. The minimum absolute atomic E-state index is 0.490. The highest BCUT2D eigenvalue weighted by Crippen LogP contribution is 2.62. The monoisotopic (exact) mass is 432 g/mol. The maximum Gasteiger partial charge on any atom is 0.132 e. The lowest BCUT2D eigenvalue weighted by molar-refractivity contribution is 0.436. The van der Waals surface area contributed by atoms with Crippen molar-refractivity contribution >= 4 is 0 Å². The molecule has 0 N–H and O–H groups in total. The van der Waals surface area contributed by atoms with Crippen molar-refractivity contribution in [3.63, 3.8) is 0 Å². The number of fused-ring (bicyclic) bond motifs is 9. The van der Waals surface area contributed by atoms with Gasteiger partial charge in [-0.3, -0.25) is 0 Å². The molecule has 5 aromatic rings. The molecule has 0 unspecified atom stereocenters. The zero-order chi connectivity index (χ0) is 22.7. The first-order valence-electron chi connectivity index (χ1n) is 11.3. The van der Waals surface area contributed by atoms with Crippen LogP contribution in [0.1, 0.15) is 27.8 Å². The van der Waals surface area contributed by atoms with Gasteiger partial charge < -0.3 is 4.74 Å². The molecule has 1 heterocycles. The van der Waals surface area contributed by atoms with Crippen LogP contribution < -0.4 is 4.74 Å². The van der Waals surface area contributed by atoms with Crippen molar-refractivity contribution in [3.05, 3.63) is 143 Å². The van der Waals surface area contributed by atoms with Gasteiger partial charge in [0.2, 0.25) is 0 Å². The largest absolute Gasteiger partial charge is 0.457 e. The molecule has 1 radical (unpaired) electrons. The summed E-state index contributed by atoms with van der Waals surface area (Å²) < 4.78 is 6.39. The molecule has 0 saturated heterocycles. The van der Waals surface area contributed by atoms with E-state index in [1.54, 1.807) is 0 Å². The maximum absolute atomic E-state index is 9.21. The lowest BCUT2D eigenvalue weighted by atomic mass is 9.66. The summed E-state index contributed by atoms with van der Waals surface area (Å²) in [7, 11) is 0. The summed E-state index contributed by atoms with van der Waals surface area (Å²) in [4.78, 5) is 0. The Morgan fingerprint density at radius 3 is 2.00 bits per heavy atom. The fraction of sp³-hybridized carbons (Fsp3) is 0.0312. The van der Waals surface area contributed by atoms with Crippen LogP contribution in [0.25, 0.3) is 22.3 Å². The minimum atomic E-state index is -0.490. The van der Waals surface area contributed by atoms with Gasteiger partial charge in [0.05, 0.1) is 17.0 Å². The number of hydrogen-bond donors (Lipinski definition) is 0. The highest BCUT2D eigenvalue weighted by molar-refractivity contribution is 5.90. The molecule has 157 valence electrons. The molecular weight excluding hydrogens is 414 g/mol. The van der Waals surface area contributed by atoms with Gasteiger partial charge in [-0.25, -0.2) is 0 Å². The molecule has 0 amide bonds. The van der Waals surface area contributed by atoms with Crippen molar-refractivity contribution < 1.29 is 4.74 Å². The van der Waals surface area contributed by atoms with Gasteiger partial charge in [-0.15, -0.1) is 0 Å². The number of nitriles is 1.